The van der Waals surface area contributed by atoms with Crippen LogP contribution in [0, 0.1) is 18.7 Å². The maximum atomic E-state index is 13.3. The highest BCUT2D eigenvalue weighted by Gasteiger charge is 2.35. The standard InChI is InChI=1S/C15H20FNO3/c1-10-6-12(16)8-13(7-10)17-9-15(20)4-2-11(3-5-15)14(18)19/h6-8,11,17,20H,2-5,9H2,1H3,(H,18,19). The molecule has 0 aliphatic heterocycles. The van der Waals surface area contributed by atoms with Gasteiger partial charge in [0, 0.05) is 12.2 Å². The van der Waals surface area contributed by atoms with Gasteiger partial charge < -0.3 is 15.5 Å². The number of anilines is 1. The summed E-state index contributed by atoms with van der Waals surface area (Å²) in [4.78, 5) is 10.9. The van der Waals surface area contributed by atoms with E-state index in [0.29, 0.717) is 37.9 Å². The summed E-state index contributed by atoms with van der Waals surface area (Å²) < 4.78 is 13.3. The average Bonchev–Trinajstić information content (AvgIpc) is 2.36. The zero-order valence-electron chi connectivity index (χ0n) is 11.5. The summed E-state index contributed by atoms with van der Waals surface area (Å²) in [5.74, 6) is -1.46. The van der Waals surface area contributed by atoms with Gasteiger partial charge in [-0.05, 0) is 56.4 Å². The Morgan fingerprint density at radius 3 is 2.60 bits per heavy atom. The number of carboxylic acid groups (broad SMARTS) is 1. The highest BCUT2D eigenvalue weighted by atomic mass is 19.1. The SMILES string of the molecule is Cc1cc(F)cc(NCC2(O)CCC(C(=O)O)CC2)c1. The van der Waals surface area contributed by atoms with Gasteiger partial charge in [-0.15, -0.1) is 0 Å². The van der Waals surface area contributed by atoms with Gasteiger partial charge in [-0.1, -0.05) is 0 Å². The number of carboxylic acids is 1. The van der Waals surface area contributed by atoms with E-state index in [4.69, 9.17) is 5.11 Å². The van der Waals surface area contributed by atoms with Crippen molar-refractivity contribution in [1.82, 2.24) is 0 Å². The monoisotopic (exact) mass is 281 g/mol. The fourth-order valence-electron chi connectivity index (χ4n) is 2.68. The third-order valence-electron chi connectivity index (χ3n) is 3.93. The molecule has 1 aliphatic rings. The smallest absolute Gasteiger partial charge is 0.306 e. The first-order valence-corrected chi connectivity index (χ1v) is 6.84. The van der Waals surface area contributed by atoms with Crippen molar-refractivity contribution in [2.75, 3.05) is 11.9 Å². The Bertz CT molecular complexity index is 476. The molecule has 1 aliphatic carbocycles. The second-order valence-electron chi connectivity index (χ2n) is 5.71. The summed E-state index contributed by atoms with van der Waals surface area (Å²) in [5, 5.41) is 22.4. The number of benzene rings is 1. The molecule has 0 aromatic heterocycles. The first-order valence-electron chi connectivity index (χ1n) is 6.84. The molecule has 1 aromatic carbocycles. The Labute approximate surface area is 117 Å². The van der Waals surface area contributed by atoms with E-state index in [9.17, 15) is 14.3 Å². The molecule has 0 heterocycles. The number of hydrogen-bond donors (Lipinski definition) is 3. The second kappa shape index (κ2) is 5.79. The molecule has 5 heteroatoms. The Balaban J connectivity index is 1.92. The fraction of sp³-hybridized carbons (Fsp3) is 0.533. The van der Waals surface area contributed by atoms with Crippen LogP contribution in [-0.4, -0.2) is 28.3 Å². The molecule has 0 spiro atoms. The normalized spacial score (nSPS) is 26.2. The molecule has 20 heavy (non-hydrogen) atoms. The molecule has 3 N–H and O–H groups in total. The first-order chi connectivity index (χ1) is 9.38. The Hall–Kier alpha value is -1.62. The van der Waals surface area contributed by atoms with Gasteiger partial charge in [-0.2, -0.15) is 0 Å². The minimum atomic E-state index is -0.911. The van der Waals surface area contributed by atoms with Crippen molar-refractivity contribution in [3.63, 3.8) is 0 Å². The largest absolute Gasteiger partial charge is 0.481 e. The minimum Gasteiger partial charge on any atom is -0.481 e. The number of rotatable bonds is 4. The predicted molar refractivity (Wildman–Crippen MR) is 74.2 cm³/mol. The number of carbonyl (C=O) groups is 1. The maximum absolute atomic E-state index is 13.3. The van der Waals surface area contributed by atoms with Crippen LogP contribution in [0.15, 0.2) is 18.2 Å². The molecule has 1 saturated carbocycles. The lowest BCUT2D eigenvalue weighted by Crippen LogP contribution is -2.41. The molecule has 0 saturated heterocycles. The van der Waals surface area contributed by atoms with E-state index in [1.165, 1.54) is 12.1 Å². The quantitative estimate of drug-likeness (QED) is 0.793. The van der Waals surface area contributed by atoms with Crippen molar-refractivity contribution < 1.29 is 19.4 Å². The van der Waals surface area contributed by atoms with E-state index in [1.807, 2.05) is 6.07 Å². The van der Waals surface area contributed by atoms with Crippen LogP contribution < -0.4 is 5.32 Å². The summed E-state index contributed by atoms with van der Waals surface area (Å²) in [6, 6.07) is 4.65. The number of nitrogens with one attached hydrogen (secondary N) is 1. The number of halogens is 1. The van der Waals surface area contributed by atoms with Crippen molar-refractivity contribution in [2.45, 2.75) is 38.2 Å². The van der Waals surface area contributed by atoms with Crippen LogP contribution in [0.2, 0.25) is 0 Å². The van der Waals surface area contributed by atoms with Gasteiger partial charge >= 0.3 is 5.97 Å². The summed E-state index contributed by atoms with van der Waals surface area (Å²) in [6.45, 7) is 2.11. The molecule has 0 bridgehead atoms. The van der Waals surface area contributed by atoms with Crippen LogP contribution in [0.4, 0.5) is 10.1 Å². The van der Waals surface area contributed by atoms with E-state index in [0.717, 1.165) is 5.56 Å². The minimum absolute atomic E-state index is 0.308. The van der Waals surface area contributed by atoms with E-state index < -0.39 is 11.6 Å². The topological polar surface area (TPSA) is 69.6 Å². The summed E-state index contributed by atoms with van der Waals surface area (Å²) in [6.07, 6.45) is 1.86. The molecule has 0 radical (unpaired) electrons. The zero-order chi connectivity index (χ0) is 14.8. The Morgan fingerprint density at radius 1 is 1.40 bits per heavy atom. The van der Waals surface area contributed by atoms with Gasteiger partial charge in [0.15, 0.2) is 0 Å². The number of hydrogen-bond acceptors (Lipinski definition) is 3. The van der Waals surface area contributed by atoms with Gasteiger partial charge in [0.25, 0.3) is 0 Å². The van der Waals surface area contributed by atoms with Crippen molar-refractivity contribution in [2.24, 2.45) is 5.92 Å². The summed E-state index contributed by atoms with van der Waals surface area (Å²) in [7, 11) is 0. The molecule has 4 nitrogen and oxygen atoms in total. The molecule has 0 amide bonds. The highest BCUT2D eigenvalue weighted by Crippen LogP contribution is 2.32. The molecular formula is C15H20FNO3. The Kier molecular flexibility index (Phi) is 4.28. The lowest BCUT2D eigenvalue weighted by molar-refractivity contribution is -0.144. The van der Waals surface area contributed by atoms with Gasteiger partial charge in [0.2, 0.25) is 0 Å². The van der Waals surface area contributed by atoms with Crippen molar-refractivity contribution in [3.05, 3.63) is 29.6 Å². The highest BCUT2D eigenvalue weighted by molar-refractivity contribution is 5.70. The number of aliphatic carboxylic acids is 1. The van der Waals surface area contributed by atoms with E-state index in [1.54, 1.807) is 6.92 Å². The predicted octanol–water partition coefficient (Wildman–Crippen LogP) is 2.55. The molecule has 2 rings (SSSR count). The van der Waals surface area contributed by atoms with Gasteiger partial charge in [0.1, 0.15) is 5.82 Å². The zero-order valence-corrected chi connectivity index (χ0v) is 11.5. The van der Waals surface area contributed by atoms with Crippen LogP contribution in [-0.2, 0) is 4.79 Å². The van der Waals surface area contributed by atoms with Gasteiger partial charge in [0.05, 0.1) is 11.5 Å². The molecule has 0 unspecified atom stereocenters. The van der Waals surface area contributed by atoms with Gasteiger partial charge in [-0.25, -0.2) is 4.39 Å². The van der Waals surface area contributed by atoms with E-state index in [-0.39, 0.29) is 11.7 Å². The molecular weight excluding hydrogens is 261 g/mol. The van der Waals surface area contributed by atoms with Crippen molar-refractivity contribution in [3.8, 4) is 0 Å². The summed E-state index contributed by atoms with van der Waals surface area (Å²) >= 11 is 0. The van der Waals surface area contributed by atoms with Crippen molar-refractivity contribution in [1.29, 1.82) is 0 Å². The lowest BCUT2D eigenvalue weighted by atomic mass is 9.79. The van der Waals surface area contributed by atoms with Crippen LogP contribution in [0.25, 0.3) is 0 Å². The molecule has 0 atom stereocenters. The molecule has 1 aromatic rings. The van der Waals surface area contributed by atoms with Crippen LogP contribution in [0.1, 0.15) is 31.2 Å². The second-order valence-corrected chi connectivity index (χ2v) is 5.71. The third-order valence-corrected chi connectivity index (χ3v) is 3.93. The maximum Gasteiger partial charge on any atom is 0.306 e. The van der Waals surface area contributed by atoms with E-state index in [2.05, 4.69) is 5.32 Å². The van der Waals surface area contributed by atoms with Crippen LogP contribution in [0.3, 0.4) is 0 Å². The Morgan fingerprint density at radius 2 is 2.05 bits per heavy atom. The van der Waals surface area contributed by atoms with Crippen LogP contribution in [0.5, 0.6) is 0 Å². The van der Waals surface area contributed by atoms with Crippen molar-refractivity contribution >= 4 is 11.7 Å². The summed E-state index contributed by atoms with van der Waals surface area (Å²) in [5.41, 5.74) is 0.539. The molecule has 110 valence electrons. The fourth-order valence-corrected chi connectivity index (χ4v) is 2.68. The lowest BCUT2D eigenvalue weighted by Gasteiger charge is -2.35. The van der Waals surface area contributed by atoms with Crippen LogP contribution >= 0.6 is 0 Å². The number of aryl methyl sites for hydroxylation is 1. The molecule has 1 fully saturated rings. The number of aliphatic hydroxyl groups is 1. The van der Waals surface area contributed by atoms with E-state index >= 15 is 0 Å². The first kappa shape index (κ1) is 14.8. The average molecular weight is 281 g/mol. The third kappa shape index (κ3) is 3.70. The van der Waals surface area contributed by atoms with Gasteiger partial charge in [-0.3, -0.25) is 4.79 Å².